The Hall–Kier alpha value is -1.49. The fourth-order valence-electron chi connectivity index (χ4n) is 1.66. The van der Waals surface area contributed by atoms with Gasteiger partial charge in [0.2, 0.25) is 5.91 Å². The van der Waals surface area contributed by atoms with E-state index < -0.39 is 0 Å². The summed E-state index contributed by atoms with van der Waals surface area (Å²) in [6.07, 6.45) is 5.49. The minimum atomic E-state index is -0.310. The van der Waals surface area contributed by atoms with Crippen LogP contribution in [0.4, 0.5) is 5.69 Å². The van der Waals surface area contributed by atoms with Crippen LogP contribution in [0, 0.1) is 5.41 Å². The van der Waals surface area contributed by atoms with E-state index in [2.05, 4.69) is 20.6 Å². The average Bonchev–Trinajstić information content (AvgIpc) is 2.68. The lowest BCUT2D eigenvalue weighted by molar-refractivity contribution is -0.123. The molecule has 80 valence electrons. The molecule has 2 N–H and O–H groups in total. The summed E-state index contributed by atoms with van der Waals surface area (Å²) < 4.78 is 0. The average molecular weight is 206 g/mol. The SMILES string of the molecule is CC1(C(=O)Nc2cncnc2)CCNC1. The predicted octanol–water partition coefficient (Wildman–Crippen LogP) is 0.415. The van der Waals surface area contributed by atoms with Crippen molar-refractivity contribution in [1.29, 1.82) is 0 Å². The lowest BCUT2D eigenvalue weighted by atomic mass is 9.89. The highest BCUT2D eigenvalue weighted by Crippen LogP contribution is 2.25. The van der Waals surface area contributed by atoms with Crippen molar-refractivity contribution in [3.8, 4) is 0 Å². The zero-order valence-corrected chi connectivity index (χ0v) is 8.66. The highest BCUT2D eigenvalue weighted by atomic mass is 16.2. The third-order valence-electron chi connectivity index (χ3n) is 2.74. The van der Waals surface area contributed by atoms with Crippen molar-refractivity contribution < 1.29 is 4.79 Å². The number of nitrogens with zero attached hydrogens (tertiary/aromatic N) is 2. The van der Waals surface area contributed by atoms with E-state index in [-0.39, 0.29) is 11.3 Å². The lowest BCUT2D eigenvalue weighted by Crippen LogP contribution is -2.35. The maximum atomic E-state index is 11.9. The van der Waals surface area contributed by atoms with Gasteiger partial charge in [-0.15, -0.1) is 0 Å². The summed E-state index contributed by atoms with van der Waals surface area (Å²) in [6.45, 7) is 3.59. The summed E-state index contributed by atoms with van der Waals surface area (Å²) in [5.41, 5.74) is 0.339. The molecular formula is C10H14N4O. The van der Waals surface area contributed by atoms with Gasteiger partial charge in [-0.1, -0.05) is 0 Å². The Kier molecular flexibility index (Phi) is 2.64. The fourth-order valence-corrected chi connectivity index (χ4v) is 1.66. The van der Waals surface area contributed by atoms with Crippen LogP contribution in [0.2, 0.25) is 0 Å². The highest BCUT2D eigenvalue weighted by Gasteiger charge is 2.36. The van der Waals surface area contributed by atoms with Gasteiger partial charge in [0.1, 0.15) is 6.33 Å². The maximum absolute atomic E-state index is 11.9. The number of anilines is 1. The second-order valence-electron chi connectivity index (χ2n) is 4.07. The molecule has 1 fully saturated rings. The molecule has 1 saturated heterocycles. The minimum absolute atomic E-state index is 0.0299. The van der Waals surface area contributed by atoms with Crippen molar-refractivity contribution in [3.63, 3.8) is 0 Å². The quantitative estimate of drug-likeness (QED) is 0.735. The molecule has 1 unspecified atom stereocenters. The first-order valence-corrected chi connectivity index (χ1v) is 4.98. The zero-order chi connectivity index (χ0) is 10.7. The van der Waals surface area contributed by atoms with Crippen LogP contribution in [0.1, 0.15) is 13.3 Å². The Morgan fingerprint density at radius 3 is 2.87 bits per heavy atom. The van der Waals surface area contributed by atoms with Crippen LogP contribution >= 0.6 is 0 Å². The van der Waals surface area contributed by atoms with Gasteiger partial charge in [-0.2, -0.15) is 0 Å². The topological polar surface area (TPSA) is 66.9 Å². The van der Waals surface area contributed by atoms with Crippen LogP contribution in [-0.2, 0) is 4.79 Å². The highest BCUT2D eigenvalue weighted by molar-refractivity contribution is 5.95. The summed E-state index contributed by atoms with van der Waals surface area (Å²) in [5, 5.41) is 6.01. The third kappa shape index (κ3) is 2.12. The predicted molar refractivity (Wildman–Crippen MR) is 56.3 cm³/mol. The van der Waals surface area contributed by atoms with Gasteiger partial charge in [-0.3, -0.25) is 4.79 Å². The van der Waals surface area contributed by atoms with Crippen LogP contribution in [-0.4, -0.2) is 29.0 Å². The smallest absolute Gasteiger partial charge is 0.231 e. The molecule has 1 amide bonds. The number of hydrogen-bond donors (Lipinski definition) is 2. The largest absolute Gasteiger partial charge is 0.323 e. The van der Waals surface area contributed by atoms with Gasteiger partial charge in [-0.25, -0.2) is 9.97 Å². The van der Waals surface area contributed by atoms with Crippen molar-refractivity contribution in [1.82, 2.24) is 15.3 Å². The van der Waals surface area contributed by atoms with Gasteiger partial charge in [0, 0.05) is 6.54 Å². The molecular weight excluding hydrogens is 192 g/mol. The molecule has 0 saturated carbocycles. The molecule has 1 aliphatic rings. The lowest BCUT2D eigenvalue weighted by Gasteiger charge is -2.20. The fraction of sp³-hybridized carbons (Fsp3) is 0.500. The first-order chi connectivity index (χ1) is 7.21. The molecule has 0 aromatic carbocycles. The first kappa shape index (κ1) is 10.0. The van der Waals surface area contributed by atoms with Crippen molar-refractivity contribution >= 4 is 11.6 Å². The standard InChI is InChI=1S/C10H14N4O/c1-10(2-3-11-6-10)9(15)14-8-4-12-7-13-5-8/h4-5,7,11H,2-3,6H2,1H3,(H,14,15). The Labute approximate surface area is 88.3 Å². The number of carbonyl (C=O) groups is 1. The Balaban J connectivity index is 2.04. The molecule has 1 aromatic heterocycles. The molecule has 5 nitrogen and oxygen atoms in total. The van der Waals surface area contributed by atoms with Crippen LogP contribution in [0.3, 0.4) is 0 Å². The molecule has 0 radical (unpaired) electrons. The van der Waals surface area contributed by atoms with Gasteiger partial charge in [0.25, 0.3) is 0 Å². The number of carbonyl (C=O) groups excluding carboxylic acids is 1. The van der Waals surface area contributed by atoms with E-state index in [1.807, 2.05) is 6.92 Å². The van der Waals surface area contributed by atoms with Crippen molar-refractivity contribution in [2.75, 3.05) is 18.4 Å². The molecule has 0 spiro atoms. The summed E-state index contributed by atoms with van der Waals surface area (Å²) in [7, 11) is 0. The van der Waals surface area contributed by atoms with Gasteiger partial charge in [-0.05, 0) is 19.9 Å². The molecule has 1 atom stereocenters. The van der Waals surface area contributed by atoms with E-state index in [0.717, 1.165) is 19.5 Å². The third-order valence-corrected chi connectivity index (χ3v) is 2.74. The van der Waals surface area contributed by atoms with E-state index in [4.69, 9.17) is 0 Å². The minimum Gasteiger partial charge on any atom is -0.323 e. The second kappa shape index (κ2) is 3.94. The number of aromatic nitrogens is 2. The van der Waals surface area contributed by atoms with E-state index >= 15 is 0 Å². The molecule has 2 heterocycles. The first-order valence-electron chi connectivity index (χ1n) is 4.98. The summed E-state index contributed by atoms with van der Waals surface area (Å²) in [4.78, 5) is 19.6. The summed E-state index contributed by atoms with van der Waals surface area (Å²) in [5.74, 6) is 0.0299. The van der Waals surface area contributed by atoms with Crippen LogP contribution in [0.5, 0.6) is 0 Å². The van der Waals surface area contributed by atoms with Gasteiger partial charge in [0.15, 0.2) is 0 Å². The molecule has 5 heteroatoms. The number of amides is 1. The van der Waals surface area contributed by atoms with Crippen LogP contribution < -0.4 is 10.6 Å². The van der Waals surface area contributed by atoms with Crippen molar-refractivity contribution in [2.24, 2.45) is 5.41 Å². The monoisotopic (exact) mass is 206 g/mol. The Bertz CT molecular complexity index is 346. The van der Waals surface area contributed by atoms with Crippen molar-refractivity contribution in [2.45, 2.75) is 13.3 Å². The molecule has 0 aliphatic carbocycles. The molecule has 2 rings (SSSR count). The van der Waals surface area contributed by atoms with E-state index in [9.17, 15) is 4.79 Å². The van der Waals surface area contributed by atoms with Crippen LogP contribution in [0.25, 0.3) is 0 Å². The Morgan fingerprint density at radius 1 is 1.53 bits per heavy atom. The van der Waals surface area contributed by atoms with Crippen LogP contribution in [0.15, 0.2) is 18.7 Å². The van der Waals surface area contributed by atoms with Gasteiger partial charge in [0.05, 0.1) is 23.5 Å². The second-order valence-corrected chi connectivity index (χ2v) is 4.07. The van der Waals surface area contributed by atoms with E-state index in [1.54, 1.807) is 12.4 Å². The van der Waals surface area contributed by atoms with Gasteiger partial charge < -0.3 is 10.6 Å². The van der Waals surface area contributed by atoms with Gasteiger partial charge >= 0.3 is 0 Å². The Morgan fingerprint density at radius 2 is 2.27 bits per heavy atom. The zero-order valence-electron chi connectivity index (χ0n) is 8.66. The molecule has 15 heavy (non-hydrogen) atoms. The molecule has 1 aromatic rings. The number of nitrogens with one attached hydrogen (secondary N) is 2. The summed E-state index contributed by atoms with van der Waals surface area (Å²) in [6, 6.07) is 0. The maximum Gasteiger partial charge on any atom is 0.231 e. The molecule has 1 aliphatic heterocycles. The number of rotatable bonds is 2. The van der Waals surface area contributed by atoms with Crippen molar-refractivity contribution in [3.05, 3.63) is 18.7 Å². The van der Waals surface area contributed by atoms with E-state index in [1.165, 1.54) is 6.33 Å². The van der Waals surface area contributed by atoms with E-state index in [0.29, 0.717) is 5.69 Å². The summed E-state index contributed by atoms with van der Waals surface area (Å²) >= 11 is 0. The normalized spacial score (nSPS) is 25.1. The molecule has 0 bridgehead atoms. The number of hydrogen-bond acceptors (Lipinski definition) is 4.